The summed E-state index contributed by atoms with van der Waals surface area (Å²) in [4.78, 5) is 27.4. The number of aliphatic imine (C=N–C) groups is 1. The number of ether oxygens (including phenoxy) is 5. The molecule has 2 heterocycles. The second kappa shape index (κ2) is 8.37. The lowest BCUT2D eigenvalue weighted by atomic mass is 9.89. The third kappa shape index (κ3) is 5.09. The Hall–Kier alpha value is -2.82. The van der Waals surface area contributed by atoms with E-state index in [-0.39, 0.29) is 5.69 Å². The van der Waals surface area contributed by atoms with Crippen molar-refractivity contribution in [3.63, 3.8) is 0 Å². The van der Waals surface area contributed by atoms with Gasteiger partial charge in [-0.2, -0.15) is 13.2 Å². The molecule has 0 N–H and O–H groups in total. The number of rotatable bonds is 4. The van der Waals surface area contributed by atoms with Crippen molar-refractivity contribution in [3.8, 4) is 0 Å². The number of nitrogens with zero attached hydrogens (tertiary/aromatic N) is 1. The van der Waals surface area contributed by atoms with E-state index in [2.05, 4.69) is 4.99 Å². The highest BCUT2D eigenvalue weighted by molar-refractivity contribution is 5.84. The van der Waals surface area contributed by atoms with Crippen LogP contribution in [0.3, 0.4) is 0 Å². The molecule has 2 aliphatic rings. The molecule has 0 radical (unpaired) electrons. The summed E-state index contributed by atoms with van der Waals surface area (Å²) in [7, 11) is 0. The Morgan fingerprint density at radius 3 is 2.29 bits per heavy atom. The molecule has 11 heteroatoms. The number of esters is 1. The van der Waals surface area contributed by atoms with Gasteiger partial charge in [0.05, 0.1) is 11.6 Å². The van der Waals surface area contributed by atoms with Gasteiger partial charge in [-0.05, 0) is 26.0 Å². The number of hydrogen-bond acceptors (Lipinski definition) is 8. The first kappa shape index (κ1) is 22.9. The number of benzene rings is 1. The zero-order valence-electron chi connectivity index (χ0n) is 17.2. The molecule has 0 spiro atoms. The fourth-order valence-electron chi connectivity index (χ4n) is 3.11. The highest BCUT2D eigenvalue weighted by Gasteiger charge is 2.61. The van der Waals surface area contributed by atoms with Gasteiger partial charge in [-0.15, -0.1) is 0 Å². The van der Waals surface area contributed by atoms with Crippen LogP contribution in [0.5, 0.6) is 0 Å². The van der Waals surface area contributed by atoms with Gasteiger partial charge in [0.25, 0.3) is 5.90 Å². The summed E-state index contributed by atoms with van der Waals surface area (Å²) >= 11 is 0. The van der Waals surface area contributed by atoms with Crippen LogP contribution in [0, 0.1) is 5.92 Å². The van der Waals surface area contributed by atoms with Gasteiger partial charge in [-0.3, -0.25) is 4.79 Å². The predicted molar refractivity (Wildman–Crippen MR) is 99.5 cm³/mol. The molecule has 8 nitrogen and oxygen atoms in total. The maximum absolute atomic E-state index is 13.6. The monoisotopic (exact) mass is 445 g/mol. The Bertz CT molecular complexity index is 854. The molecular formula is C20H22F3NO7. The first-order chi connectivity index (χ1) is 14.4. The maximum atomic E-state index is 13.6. The molecule has 2 saturated heterocycles. The quantitative estimate of drug-likeness (QED) is 0.394. The number of fused-ring (bicyclic) bond motifs is 1. The van der Waals surface area contributed by atoms with E-state index in [1.807, 2.05) is 0 Å². The van der Waals surface area contributed by atoms with E-state index in [4.69, 9.17) is 23.7 Å². The zero-order chi connectivity index (χ0) is 23.0. The van der Waals surface area contributed by atoms with Gasteiger partial charge in [0.2, 0.25) is 12.4 Å². The number of halogens is 3. The highest BCUT2D eigenvalue weighted by atomic mass is 19.4. The molecule has 0 saturated carbocycles. The Morgan fingerprint density at radius 2 is 1.71 bits per heavy atom. The zero-order valence-corrected chi connectivity index (χ0v) is 17.2. The Morgan fingerprint density at radius 1 is 1.10 bits per heavy atom. The van der Waals surface area contributed by atoms with E-state index < -0.39 is 60.3 Å². The smallest absolute Gasteiger partial charge is 0.455 e. The number of para-hydroxylation sites is 1. The van der Waals surface area contributed by atoms with E-state index in [0.717, 1.165) is 0 Å². The van der Waals surface area contributed by atoms with E-state index in [0.29, 0.717) is 0 Å². The molecule has 2 fully saturated rings. The lowest BCUT2D eigenvalue weighted by molar-refractivity contribution is -0.290. The summed E-state index contributed by atoms with van der Waals surface area (Å²) in [5.74, 6) is -2.67. The molecule has 0 bridgehead atoms. The molecule has 4 atom stereocenters. The Balaban J connectivity index is 1.90. The molecule has 0 aliphatic carbocycles. The van der Waals surface area contributed by atoms with Crippen LogP contribution in [0.25, 0.3) is 0 Å². The molecule has 2 aliphatic heterocycles. The fourth-order valence-corrected chi connectivity index (χ4v) is 3.11. The van der Waals surface area contributed by atoms with Crippen molar-refractivity contribution >= 4 is 23.7 Å². The van der Waals surface area contributed by atoms with Gasteiger partial charge in [-0.1, -0.05) is 32.0 Å². The fraction of sp³-hybridized carbons (Fsp3) is 0.550. The van der Waals surface area contributed by atoms with Crippen LogP contribution in [-0.4, -0.2) is 54.4 Å². The molecule has 1 aromatic carbocycles. The first-order valence-electron chi connectivity index (χ1n) is 9.51. The van der Waals surface area contributed by atoms with Crippen LogP contribution in [0.4, 0.5) is 23.7 Å². The second-order valence-electron chi connectivity index (χ2n) is 7.88. The minimum Gasteiger partial charge on any atom is -0.455 e. The summed E-state index contributed by atoms with van der Waals surface area (Å²) in [5.41, 5.74) is -1.36. The van der Waals surface area contributed by atoms with Crippen molar-refractivity contribution in [2.75, 3.05) is 0 Å². The van der Waals surface area contributed by atoms with Crippen LogP contribution < -0.4 is 0 Å². The normalized spacial score (nSPS) is 27.9. The standard InChI is InChI=1S/C20H22F3NO7/c1-10(2)15(25)29-14-12-13(28-18(26)27-12)16(31-19(14,3)4)30-17(20(21,22)23)24-11-8-6-5-7-9-11/h5-10,12-14,16H,1-4H3/t12-,13+,14+,16+/m1/s1. The predicted octanol–water partition coefficient (Wildman–Crippen LogP) is 3.90. The number of carbonyl (C=O) groups excluding carboxylic acids is 2. The molecule has 0 aromatic heterocycles. The summed E-state index contributed by atoms with van der Waals surface area (Å²) in [6.45, 7) is 6.17. The summed E-state index contributed by atoms with van der Waals surface area (Å²) in [6, 6.07) is 7.39. The molecule has 170 valence electrons. The van der Waals surface area contributed by atoms with E-state index >= 15 is 0 Å². The lowest BCUT2D eigenvalue weighted by Gasteiger charge is -2.45. The number of alkyl halides is 3. The van der Waals surface area contributed by atoms with Crippen LogP contribution in [0.2, 0.25) is 0 Å². The molecule has 0 amide bonds. The van der Waals surface area contributed by atoms with Crippen molar-refractivity contribution in [1.82, 2.24) is 0 Å². The van der Waals surface area contributed by atoms with E-state index in [1.165, 1.54) is 38.1 Å². The van der Waals surface area contributed by atoms with Gasteiger partial charge < -0.3 is 23.7 Å². The highest BCUT2D eigenvalue weighted by Crippen LogP contribution is 2.39. The lowest BCUT2D eigenvalue weighted by Crippen LogP contribution is -2.63. The van der Waals surface area contributed by atoms with Gasteiger partial charge in [0.15, 0.2) is 12.2 Å². The van der Waals surface area contributed by atoms with Crippen molar-refractivity contribution in [2.45, 2.75) is 64.1 Å². The average Bonchev–Trinajstić information content (AvgIpc) is 3.05. The molecule has 31 heavy (non-hydrogen) atoms. The maximum Gasteiger partial charge on any atom is 0.509 e. The first-order valence-corrected chi connectivity index (χ1v) is 9.51. The van der Waals surface area contributed by atoms with Crippen LogP contribution in [-0.2, 0) is 28.5 Å². The van der Waals surface area contributed by atoms with Gasteiger partial charge in [0, 0.05) is 0 Å². The Kier molecular flexibility index (Phi) is 6.17. The van der Waals surface area contributed by atoms with Crippen LogP contribution in [0.15, 0.2) is 35.3 Å². The van der Waals surface area contributed by atoms with Crippen molar-refractivity contribution < 1.29 is 46.4 Å². The molecule has 3 rings (SSSR count). The summed E-state index contributed by atoms with van der Waals surface area (Å²) < 4.78 is 67.0. The number of hydrogen-bond donors (Lipinski definition) is 0. The average molecular weight is 445 g/mol. The van der Waals surface area contributed by atoms with E-state index in [9.17, 15) is 22.8 Å². The SMILES string of the molecule is CC(C)C(=O)O[C@H]1[C@@H]2OC(=O)O[C@@H]2[C@@H](OC(=Nc2ccccc2)C(F)(F)F)OC1(C)C. The van der Waals surface area contributed by atoms with Gasteiger partial charge in [-0.25, -0.2) is 9.79 Å². The third-order valence-electron chi connectivity index (χ3n) is 4.63. The minimum absolute atomic E-state index is 0.00449. The summed E-state index contributed by atoms with van der Waals surface area (Å²) in [5, 5.41) is 0. The van der Waals surface area contributed by atoms with Crippen molar-refractivity contribution in [2.24, 2.45) is 10.9 Å². The largest absolute Gasteiger partial charge is 0.509 e. The van der Waals surface area contributed by atoms with Crippen LogP contribution in [0.1, 0.15) is 27.7 Å². The van der Waals surface area contributed by atoms with Crippen LogP contribution >= 0.6 is 0 Å². The van der Waals surface area contributed by atoms with Crippen molar-refractivity contribution in [3.05, 3.63) is 30.3 Å². The van der Waals surface area contributed by atoms with Gasteiger partial charge in [0.1, 0.15) is 5.60 Å². The van der Waals surface area contributed by atoms with E-state index in [1.54, 1.807) is 19.9 Å². The second-order valence-corrected chi connectivity index (χ2v) is 7.88. The Labute approximate surface area is 176 Å². The summed E-state index contributed by atoms with van der Waals surface area (Å²) in [6.07, 6.45) is -11.6. The number of carbonyl (C=O) groups is 2. The third-order valence-corrected chi connectivity index (χ3v) is 4.63. The van der Waals surface area contributed by atoms with Gasteiger partial charge >= 0.3 is 18.3 Å². The van der Waals surface area contributed by atoms with Crippen molar-refractivity contribution in [1.29, 1.82) is 0 Å². The minimum atomic E-state index is -4.96. The molecular weight excluding hydrogens is 423 g/mol. The topological polar surface area (TPSA) is 92.7 Å². The molecule has 1 aromatic rings. The molecule has 0 unspecified atom stereocenters.